The van der Waals surface area contributed by atoms with Crippen LogP contribution in [0.4, 0.5) is 0 Å². The summed E-state index contributed by atoms with van der Waals surface area (Å²) in [6.07, 6.45) is 1.88. The van der Waals surface area contributed by atoms with Crippen LogP contribution >= 0.6 is 35.2 Å². The van der Waals surface area contributed by atoms with E-state index in [1.54, 1.807) is 15.9 Å². The molecule has 0 bridgehead atoms. The molecule has 4 rings (SSSR count). The second-order valence-corrected chi connectivity index (χ2v) is 8.93. The molecule has 6 nitrogen and oxygen atoms in total. The molecule has 29 heavy (non-hydrogen) atoms. The normalized spacial score (nSPS) is 15.5. The summed E-state index contributed by atoms with van der Waals surface area (Å²) < 4.78 is 2.22. The minimum atomic E-state index is -0.0311. The van der Waals surface area contributed by atoms with E-state index in [4.69, 9.17) is 23.8 Å². The number of halogens is 1. The van der Waals surface area contributed by atoms with Crippen molar-refractivity contribution in [2.75, 3.05) is 13.1 Å². The van der Waals surface area contributed by atoms with Crippen LogP contribution in [-0.2, 0) is 17.9 Å². The lowest BCUT2D eigenvalue weighted by Gasteiger charge is -2.32. The van der Waals surface area contributed by atoms with Crippen LogP contribution in [0.3, 0.4) is 0 Å². The predicted molar refractivity (Wildman–Crippen MR) is 119 cm³/mol. The first-order valence-electron chi connectivity index (χ1n) is 9.54. The van der Waals surface area contributed by atoms with Crippen molar-refractivity contribution in [3.05, 3.63) is 57.1 Å². The number of nitrogens with one attached hydrogen (secondary N) is 2. The number of carbonyl (C=O) groups is 1. The lowest BCUT2D eigenvalue weighted by molar-refractivity contribution is -0.122. The van der Waals surface area contributed by atoms with Gasteiger partial charge >= 0.3 is 0 Å². The molecular formula is C20H22ClN5OS2. The van der Waals surface area contributed by atoms with E-state index < -0.39 is 0 Å². The summed E-state index contributed by atoms with van der Waals surface area (Å²) in [5.41, 5.74) is 1.26. The van der Waals surface area contributed by atoms with E-state index in [0.29, 0.717) is 10.6 Å². The van der Waals surface area contributed by atoms with E-state index in [2.05, 4.69) is 32.5 Å². The molecule has 3 aromatic rings. The van der Waals surface area contributed by atoms with Crippen LogP contribution in [0.25, 0.3) is 10.7 Å². The highest BCUT2D eigenvalue weighted by atomic mass is 35.5. The minimum Gasteiger partial charge on any atom is -0.352 e. The van der Waals surface area contributed by atoms with Gasteiger partial charge in [-0.15, -0.1) is 11.3 Å². The molecule has 2 aromatic heterocycles. The number of nitrogens with zero attached hydrogens (tertiary/aromatic N) is 3. The van der Waals surface area contributed by atoms with Gasteiger partial charge in [0.25, 0.3) is 0 Å². The maximum absolute atomic E-state index is 12.6. The van der Waals surface area contributed by atoms with Crippen LogP contribution in [0.15, 0.2) is 41.8 Å². The van der Waals surface area contributed by atoms with Gasteiger partial charge in [0, 0.05) is 30.7 Å². The molecule has 152 valence electrons. The molecule has 1 aliphatic heterocycles. The number of carbonyl (C=O) groups excluding carboxylic acids is 1. The Morgan fingerprint density at radius 2 is 2.03 bits per heavy atom. The Hall–Kier alpha value is -2.00. The molecule has 0 aliphatic carbocycles. The first kappa shape index (κ1) is 20.3. The first-order chi connectivity index (χ1) is 14.1. The molecule has 1 fully saturated rings. The van der Waals surface area contributed by atoms with Gasteiger partial charge in [0.05, 0.1) is 4.88 Å². The van der Waals surface area contributed by atoms with E-state index in [9.17, 15) is 4.79 Å². The van der Waals surface area contributed by atoms with Gasteiger partial charge < -0.3 is 5.32 Å². The van der Waals surface area contributed by atoms with Crippen molar-refractivity contribution in [1.29, 1.82) is 0 Å². The number of hydrogen-bond donors (Lipinski definition) is 2. The Morgan fingerprint density at radius 1 is 1.28 bits per heavy atom. The van der Waals surface area contributed by atoms with Gasteiger partial charge in [-0.05, 0) is 54.2 Å². The van der Waals surface area contributed by atoms with E-state index >= 15 is 0 Å². The van der Waals surface area contributed by atoms with Crippen molar-refractivity contribution >= 4 is 41.1 Å². The third kappa shape index (κ3) is 5.14. The lowest BCUT2D eigenvalue weighted by Crippen LogP contribution is -2.45. The molecule has 1 saturated heterocycles. The largest absolute Gasteiger partial charge is 0.352 e. The van der Waals surface area contributed by atoms with Gasteiger partial charge in [0.1, 0.15) is 6.54 Å². The third-order valence-electron chi connectivity index (χ3n) is 5.07. The molecular weight excluding hydrogens is 426 g/mol. The van der Waals surface area contributed by atoms with Crippen LogP contribution in [0.5, 0.6) is 0 Å². The van der Waals surface area contributed by atoms with Crippen molar-refractivity contribution in [3.63, 3.8) is 0 Å². The summed E-state index contributed by atoms with van der Waals surface area (Å²) in [4.78, 5) is 16.0. The number of aromatic amines is 1. The first-order valence-corrected chi connectivity index (χ1v) is 11.2. The maximum atomic E-state index is 12.6. The molecule has 1 aromatic carbocycles. The zero-order valence-corrected chi connectivity index (χ0v) is 18.2. The maximum Gasteiger partial charge on any atom is 0.240 e. The molecule has 1 aliphatic rings. The van der Waals surface area contributed by atoms with Crippen LogP contribution in [0, 0.1) is 4.77 Å². The molecule has 1 amide bonds. The average molecular weight is 448 g/mol. The number of hydrogen-bond acceptors (Lipinski definition) is 5. The van der Waals surface area contributed by atoms with Gasteiger partial charge in [0.15, 0.2) is 10.6 Å². The Bertz CT molecular complexity index is 1000. The van der Waals surface area contributed by atoms with Crippen molar-refractivity contribution in [3.8, 4) is 10.7 Å². The number of rotatable bonds is 6. The Morgan fingerprint density at radius 3 is 2.72 bits per heavy atom. The van der Waals surface area contributed by atoms with Crippen molar-refractivity contribution in [1.82, 2.24) is 25.0 Å². The van der Waals surface area contributed by atoms with Crippen molar-refractivity contribution < 1.29 is 4.79 Å². The van der Waals surface area contributed by atoms with E-state index in [1.807, 2.05) is 29.6 Å². The van der Waals surface area contributed by atoms with E-state index in [1.165, 1.54) is 5.56 Å². The SMILES string of the molecule is O=C(Cn1c(-c2cccs2)n[nH]c1=S)NC1CCN(Cc2ccc(Cl)cc2)CC1. The number of thiophene rings is 1. The number of aromatic nitrogens is 3. The minimum absolute atomic E-state index is 0.0311. The Balaban J connectivity index is 1.29. The highest BCUT2D eigenvalue weighted by Crippen LogP contribution is 2.22. The number of likely N-dealkylation sites (tertiary alicyclic amines) is 1. The molecule has 0 saturated carbocycles. The second-order valence-electron chi connectivity index (χ2n) is 7.16. The summed E-state index contributed by atoms with van der Waals surface area (Å²) in [6, 6.07) is 12.1. The zero-order valence-electron chi connectivity index (χ0n) is 15.8. The zero-order chi connectivity index (χ0) is 20.2. The Kier molecular flexibility index (Phi) is 6.44. The van der Waals surface area contributed by atoms with E-state index in [-0.39, 0.29) is 18.5 Å². The van der Waals surface area contributed by atoms with Crippen LogP contribution in [0.1, 0.15) is 18.4 Å². The summed E-state index contributed by atoms with van der Waals surface area (Å²) >= 11 is 12.8. The quantitative estimate of drug-likeness (QED) is 0.558. The second kappa shape index (κ2) is 9.21. The van der Waals surface area contributed by atoms with Crippen molar-refractivity contribution in [2.24, 2.45) is 0 Å². The van der Waals surface area contributed by atoms with Gasteiger partial charge in [0.2, 0.25) is 5.91 Å². The molecule has 0 unspecified atom stereocenters. The summed E-state index contributed by atoms with van der Waals surface area (Å²) in [5.74, 6) is 0.675. The van der Waals surface area contributed by atoms with Crippen molar-refractivity contribution in [2.45, 2.75) is 32.0 Å². The van der Waals surface area contributed by atoms with Gasteiger partial charge in [-0.2, -0.15) is 5.10 Å². The summed E-state index contributed by atoms with van der Waals surface area (Å²) in [5, 5.41) is 13.0. The average Bonchev–Trinajstić information content (AvgIpc) is 3.36. The molecule has 2 N–H and O–H groups in total. The standard InChI is InChI=1S/C20H22ClN5OS2/c21-15-5-3-14(4-6-15)12-25-9-7-16(8-10-25)22-18(27)13-26-19(23-24-20(26)28)17-2-1-11-29-17/h1-6,11,16H,7-10,12-13H2,(H,22,27)(H,24,28). The fourth-order valence-electron chi connectivity index (χ4n) is 3.56. The summed E-state index contributed by atoms with van der Waals surface area (Å²) in [6.45, 7) is 3.00. The van der Waals surface area contributed by atoms with Crippen LogP contribution in [0.2, 0.25) is 5.02 Å². The molecule has 3 heterocycles. The fraction of sp³-hybridized carbons (Fsp3) is 0.350. The van der Waals surface area contributed by atoms with E-state index in [0.717, 1.165) is 42.4 Å². The molecule has 0 spiro atoms. The van der Waals surface area contributed by atoms with Crippen LogP contribution in [-0.4, -0.2) is 44.7 Å². The molecule has 0 radical (unpaired) electrons. The highest BCUT2D eigenvalue weighted by Gasteiger charge is 2.21. The highest BCUT2D eigenvalue weighted by molar-refractivity contribution is 7.71. The molecule has 9 heteroatoms. The fourth-order valence-corrected chi connectivity index (χ4v) is 4.60. The number of benzene rings is 1. The number of H-pyrrole nitrogens is 1. The topological polar surface area (TPSA) is 66.0 Å². The number of piperidine rings is 1. The van der Waals surface area contributed by atoms with Gasteiger partial charge in [-0.25, -0.2) is 0 Å². The van der Waals surface area contributed by atoms with Gasteiger partial charge in [-0.3, -0.25) is 19.4 Å². The number of amides is 1. The predicted octanol–water partition coefficient (Wildman–Crippen LogP) is 4.10. The molecule has 0 atom stereocenters. The smallest absolute Gasteiger partial charge is 0.240 e. The summed E-state index contributed by atoms with van der Waals surface area (Å²) in [7, 11) is 0. The third-order valence-corrected chi connectivity index (χ3v) is 6.50. The monoisotopic (exact) mass is 447 g/mol. The van der Waals surface area contributed by atoms with Gasteiger partial charge in [-0.1, -0.05) is 29.8 Å². The Labute approximate surface area is 183 Å². The lowest BCUT2D eigenvalue weighted by atomic mass is 10.0. The van der Waals surface area contributed by atoms with Crippen LogP contribution < -0.4 is 5.32 Å².